The topological polar surface area (TPSA) is 141 Å². The van der Waals surface area contributed by atoms with E-state index in [4.69, 9.17) is 14.6 Å². The Morgan fingerprint density at radius 3 is 2.55 bits per heavy atom. The second-order valence-electron chi connectivity index (χ2n) is 7.03. The van der Waals surface area contributed by atoms with Crippen molar-refractivity contribution < 1.29 is 14.6 Å². The molecular formula is C19H25N7O3. The highest BCUT2D eigenvalue weighted by molar-refractivity contribution is 5.72. The molecule has 1 saturated carbocycles. The first kappa shape index (κ1) is 20.3. The van der Waals surface area contributed by atoms with Gasteiger partial charge in [-0.2, -0.15) is 9.67 Å². The number of primary amides is 1. The van der Waals surface area contributed by atoms with Gasteiger partial charge in [0.05, 0.1) is 18.0 Å². The SMILES string of the molecule is CC(C)Oc1ccc(-n2nnc3cnc(NC4CCCC4)nc32)cc1.NC(=O)O. The number of carbonyl (C=O) groups is 1. The normalized spacial score (nSPS) is 13.9. The van der Waals surface area contributed by atoms with E-state index in [2.05, 4.69) is 31.3 Å². The molecule has 10 heteroatoms. The fourth-order valence-corrected chi connectivity index (χ4v) is 3.16. The molecule has 0 radical (unpaired) electrons. The standard InChI is InChI=1S/C18H22N6O.CH3NO2/c1-12(2)25-15-9-7-14(8-10-15)24-17-16(22-23-24)11-19-18(21-17)20-13-5-3-4-6-13;2-1(3)4/h7-13H,3-6H2,1-2H3,(H,19,20,21);2H2,(H,3,4). The molecule has 2 aromatic heterocycles. The average molecular weight is 399 g/mol. The first-order valence-electron chi connectivity index (χ1n) is 9.53. The molecule has 0 atom stereocenters. The summed E-state index contributed by atoms with van der Waals surface area (Å²) in [4.78, 5) is 17.8. The third-order valence-electron chi connectivity index (χ3n) is 4.33. The summed E-state index contributed by atoms with van der Waals surface area (Å²) in [6.45, 7) is 4.02. The van der Waals surface area contributed by atoms with Crippen LogP contribution in [-0.4, -0.2) is 48.3 Å². The summed E-state index contributed by atoms with van der Waals surface area (Å²) in [5, 5.41) is 19.0. The number of nitrogens with two attached hydrogens (primary N) is 1. The number of hydrogen-bond donors (Lipinski definition) is 3. The number of carboxylic acid groups (broad SMARTS) is 1. The summed E-state index contributed by atoms with van der Waals surface area (Å²) in [6, 6.07) is 8.24. The zero-order valence-electron chi connectivity index (χ0n) is 16.4. The molecule has 0 aliphatic heterocycles. The quantitative estimate of drug-likeness (QED) is 0.594. The predicted molar refractivity (Wildman–Crippen MR) is 108 cm³/mol. The van der Waals surface area contributed by atoms with Gasteiger partial charge in [0, 0.05) is 6.04 Å². The number of benzene rings is 1. The van der Waals surface area contributed by atoms with Crippen LogP contribution in [0, 0.1) is 0 Å². The lowest BCUT2D eigenvalue weighted by molar-refractivity contribution is 0.205. The lowest BCUT2D eigenvalue weighted by Crippen LogP contribution is -2.16. The molecule has 0 spiro atoms. The van der Waals surface area contributed by atoms with E-state index in [1.54, 1.807) is 10.9 Å². The second-order valence-corrected chi connectivity index (χ2v) is 7.03. The Labute approximate surface area is 168 Å². The molecule has 1 aliphatic rings. The minimum Gasteiger partial charge on any atom is -0.491 e. The molecule has 29 heavy (non-hydrogen) atoms. The number of amides is 1. The maximum Gasteiger partial charge on any atom is 0.402 e. The van der Waals surface area contributed by atoms with Crippen LogP contribution in [0.1, 0.15) is 39.5 Å². The number of hydrogen-bond acceptors (Lipinski definition) is 7. The number of nitrogens with one attached hydrogen (secondary N) is 1. The van der Waals surface area contributed by atoms with Gasteiger partial charge in [-0.25, -0.2) is 9.78 Å². The third-order valence-corrected chi connectivity index (χ3v) is 4.33. The van der Waals surface area contributed by atoms with Crippen LogP contribution in [0.3, 0.4) is 0 Å². The Morgan fingerprint density at radius 1 is 1.28 bits per heavy atom. The molecule has 0 bridgehead atoms. The van der Waals surface area contributed by atoms with Crippen molar-refractivity contribution in [3.8, 4) is 11.4 Å². The fourth-order valence-electron chi connectivity index (χ4n) is 3.16. The maximum absolute atomic E-state index is 8.78. The van der Waals surface area contributed by atoms with Crippen molar-refractivity contribution in [3.63, 3.8) is 0 Å². The van der Waals surface area contributed by atoms with Gasteiger partial charge >= 0.3 is 6.09 Å². The molecule has 1 aromatic carbocycles. The summed E-state index contributed by atoms with van der Waals surface area (Å²) in [5.74, 6) is 1.48. The van der Waals surface area contributed by atoms with Crippen molar-refractivity contribution in [1.82, 2.24) is 25.0 Å². The van der Waals surface area contributed by atoms with Gasteiger partial charge in [-0.1, -0.05) is 18.1 Å². The first-order valence-corrected chi connectivity index (χ1v) is 9.53. The Bertz CT molecular complexity index is 946. The molecule has 0 saturated heterocycles. The lowest BCUT2D eigenvalue weighted by Gasteiger charge is -2.11. The van der Waals surface area contributed by atoms with Crippen molar-refractivity contribution in [2.45, 2.75) is 51.7 Å². The van der Waals surface area contributed by atoms with E-state index in [1.807, 2.05) is 38.1 Å². The number of aromatic nitrogens is 5. The maximum atomic E-state index is 8.78. The minimum absolute atomic E-state index is 0.148. The molecule has 0 unspecified atom stereocenters. The molecule has 4 rings (SSSR count). The van der Waals surface area contributed by atoms with E-state index >= 15 is 0 Å². The van der Waals surface area contributed by atoms with Crippen LogP contribution in [0.4, 0.5) is 10.7 Å². The molecule has 4 N–H and O–H groups in total. The van der Waals surface area contributed by atoms with E-state index in [-0.39, 0.29) is 6.10 Å². The van der Waals surface area contributed by atoms with Crippen LogP contribution < -0.4 is 15.8 Å². The van der Waals surface area contributed by atoms with E-state index < -0.39 is 6.09 Å². The van der Waals surface area contributed by atoms with Crippen molar-refractivity contribution >= 4 is 23.2 Å². The van der Waals surface area contributed by atoms with Crippen molar-refractivity contribution in [2.24, 2.45) is 5.73 Å². The fraction of sp³-hybridized carbons (Fsp3) is 0.421. The molecule has 1 aliphatic carbocycles. The average Bonchev–Trinajstić information content (AvgIpc) is 3.31. The summed E-state index contributed by atoms with van der Waals surface area (Å²) in [7, 11) is 0. The van der Waals surface area contributed by atoms with E-state index in [1.165, 1.54) is 25.7 Å². The van der Waals surface area contributed by atoms with E-state index in [9.17, 15) is 0 Å². The van der Waals surface area contributed by atoms with Gasteiger partial charge in [0.25, 0.3) is 0 Å². The predicted octanol–water partition coefficient (Wildman–Crippen LogP) is 2.98. The molecule has 1 fully saturated rings. The van der Waals surface area contributed by atoms with Crippen molar-refractivity contribution in [2.75, 3.05) is 5.32 Å². The van der Waals surface area contributed by atoms with Gasteiger partial charge in [0.15, 0.2) is 11.2 Å². The molecule has 154 valence electrons. The number of anilines is 1. The van der Waals surface area contributed by atoms with Crippen LogP contribution in [0.15, 0.2) is 30.5 Å². The number of fused-ring (bicyclic) bond motifs is 1. The van der Waals surface area contributed by atoms with Crippen LogP contribution in [0.25, 0.3) is 16.9 Å². The molecule has 2 heterocycles. The summed E-state index contributed by atoms with van der Waals surface area (Å²) in [6.07, 6.45) is 5.43. The Kier molecular flexibility index (Phi) is 6.43. The van der Waals surface area contributed by atoms with E-state index in [0.717, 1.165) is 11.4 Å². The van der Waals surface area contributed by atoms with Gasteiger partial charge in [-0.15, -0.1) is 5.10 Å². The Hall–Kier alpha value is -3.43. The number of rotatable bonds is 5. The lowest BCUT2D eigenvalue weighted by atomic mass is 10.2. The van der Waals surface area contributed by atoms with Gasteiger partial charge in [0.1, 0.15) is 5.75 Å². The number of ether oxygens (including phenoxy) is 1. The van der Waals surface area contributed by atoms with Gasteiger partial charge < -0.3 is 20.9 Å². The summed E-state index contributed by atoms with van der Waals surface area (Å²) >= 11 is 0. The highest BCUT2D eigenvalue weighted by atomic mass is 16.5. The second kappa shape index (κ2) is 9.18. The number of nitrogens with zero attached hydrogens (tertiary/aromatic N) is 5. The molecular weight excluding hydrogens is 374 g/mol. The summed E-state index contributed by atoms with van der Waals surface area (Å²) in [5.41, 5.74) is 6.30. The third kappa shape index (κ3) is 5.53. The summed E-state index contributed by atoms with van der Waals surface area (Å²) < 4.78 is 7.42. The van der Waals surface area contributed by atoms with Crippen molar-refractivity contribution in [3.05, 3.63) is 30.5 Å². The van der Waals surface area contributed by atoms with E-state index in [0.29, 0.717) is 23.2 Å². The minimum atomic E-state index is -1.33. The van der Waals surface area contributed by atoms with Gasteiger partial charge in [0.2, 0.25) is 5.95 Å². The van der Waals surface area contributed by atoms with Crippen LogP contribution in [-0.2, 0) is 0 Å². The molecule has 10 nitrogen and oxygen atoms in total. The monoisotopic (exact) mass is 399 g/mol. The van der Waals surface area contributed by atoms with Crippen LogP contribution in [0.2, 0.25) is 0 Å². The zero-order chi connectivity index (χ0) is 20.8. The van der Waals surface area contributed by atoms with Crippen molar-refractivity contribution in [1.29, 1.82) is 0 Å². The highest BCUT2D eigenvalue weighted by Crippen LogP contribution is 2.22. The van der Waals surface area contributed by atoms with Crippen LogP contribution >= 0.6 is 0 Å². The molecule has 3 aromatic rings. The van der Waals surface area contributed by atoms with Crippen LogP contribution in [0.5, 0.6) is 5.75 Å². The zero-order valence-corrected chi connectivity index (χ0v) is 16.4. The Morgan fingerprint density at radius 2 is 1.93 bits per heavy atom. The smallest absolute Gasteiger partial charge is 0.402 e. The highest BCUT2D eigenvalue weighted by Gasteiger charge is 2.17. The first-order chi connectivity index (χ1) is 13.9. The molecule has 1 amide bonds. The van der Waals surface area contributed by atoms with Gasteiger partial charge in [-0.05, 0) is 51.0 Å². The Balaban J connectivity index is 0.000000552. The largest absolute Gasteiger partial charge is 0.491 e. The van der Waals surface area contributed by atoms with Gasteiger partial charge in [-0.3, -0.25) is 0 Å².